The van der Waals surface area contributed by atoms with Crippen LogP contribution in [0.25, 0.3) is 10.2 Å². The highest BCUT2D eigenvalue weighted by atomic mass is 32.1. The first-order valence-electron chi connectivity index (χ1n) is 11.1. The Morgan fingerprint density at radius 2 is 1.74 bits per heavy atom. The summed E-state index contributed by atoms with van der Waals surface area (Å²) in [5.41, 5.74) is 0.995. The predicted octanol–water partition coefficient (Wildman–Crippen LogP) is 3.59. The van der Waals surface area contributed by atoms with Crippen molar-refractivity contribution >= 4 is 39.3 Å². The predicted molar refractivity (Wildman–Crippen MR) is 119 cm³/mol. The van der Waals surface area contributed by atoms with Crippen LogP contribution in [0.3, 0.4) is 0 Å². The molecule has 0 bridgehead atoms. The molecule has 2 aromatic rings. The second-order valence-corrected chi connectivity index (χ2v) is 10.4. The van der Waals surface area contributed by atoms with Crippen molar-refractivity contribution in [1.29, 1.82) is 0 Å². The molecule has 1 aromatic heterocycles. The van der Waals surface area contributed by atoms with E-state index >= 15 is 0 Å². The van der Waals surface area contributed by atoms with E-state index in [1.807, 2.05) is 44.2 Å². The third kappa shape index (κ3) is 3.49. The molecule has 1 aliphatic carbocycles. The van der Waals surface area contributed by atoms with Gasteiger partial charge in [-0.25, -0.2) is 4.98 Å². The number of imide groups is 1. The Hall–Kier alpha value is -2.54. The van der Waals surface area contributed by atoms with Crippen LogP contribution in [0.1, 0.15) is 44.0 Å². The average molecular weight is 438 g/mol. The maximum absolute atomic E-state index is 13.4. The lowest BCUT2D eigenvalue weighted by Gasteiger charge is -2.41. The Morgan fingerprint density at radius 1 is 1.10 bits per heavy atom. The summed E-state index contributed by atoms with van der Waals surface area (Å²) in [6.45, 7) is 5.25. The van der Waals surface area contributed by atoms with Crippen LogP contribution in [0.15, 0.2) is 36.4 Å². The molecule has 0 spiro atoms. The Kier molecular flexibility index (Phi) is 5.16. The molecule has 0 unspecified atom stereocenters. The number of carbonyl (C=O) groups excluding carboxylic acids is 3. The summed E-state index contributed by atoms with van der Waals surface area (Å²) in [5, 5.41) is 1.05. The number of rotatable bonds is 5. The molecule has 3 heterocycles. The molecular weight excluding hydrogens is 410 g/mol. The molecule has 6 nitrogen and oxygen atoms in total. The van der Waals surface area contributed by atoms with Crippen molar-refractivity contribution < 1.29 is 14.4 Å². The standard InChI is InChI=1S/C24H27N3O3S/c1-14(2)11-19(27-22(28)16-7-3-4-8-17(16)23(27)29)24(30)26-12-15(13-26)21-25-18-9-5-6-10-20(18)31-21/h3-6,9-10,14-17,19H,7-8,11-13H2,1-2H3/t16-,17-,19-/m1/s1. The molecule has 1 aromatic carbocycles. The molecule has 2 saturated heterocycles. The van der Waals surface area contributed by atoms with Crippen LogP contribution in [-0.2, 0) is 14.4 Å². The number of carbonyl (C=O) groups is 3. The van der Waals surface area contributed by atoms with Crippen molar-refractivity contribution in [3.63, 3.8) is 0 Å². The number of hydrogen-bond donors (Lipinski definition) is 0. The van der Waals surface area contributed by atoms with Gasteiger partial charge < -0.3 is 4.90 Å². The van der Waals surface area contributed by atoms with Crippen molar-refractivity contribution in [3.8, 4) is 0 Å². The minimum absolute atomic E-state index is 0.0978. The van der Waals surface area contributed by atoms with E-state index in [1.165, 1.54) is 4.90 Å². The number of benzene rings is 1. The van der Waals surface area contributed by atoms with Gasteiger partial charge in [0.1, 0.15) is 11.0 Å². The Bertz CT molecular complexity index is 1010. The van der Waals surface area contributed by atoms with Gasteiger partial charge in [0.05, 0.1) is 22.1 Å². The van der Waals surface area contributed by atoms with E-state index in [1.54, 1.807) is 16.2 Å². The van der Waals surface area contributed by atoms with Gasteiger partial charge in [-0.2, -0.15) is 0 Å². The molecule has 7 heteroatoms. The lowest BCUT2D eigenvalue weighted by atomic mass is 9.85. The molecule has 5 rings (SSSR count). The number of nitrogens with zero attached hydrogens (tertiary/aromatic N) is 3. The van der Waals surface area contributed by atoms with E-state index in [0.717, 1.165) is 15.2 Å². The molecule has 0 N–H and O–H groups in total. The second-order valence-electron chi connectivity index (χ2n) is 9.31. The molecule has 2 fully saturated rings. The molecular formula is C24H27N3O3S. The lowest BCUT2D eigenvalue weighted by molar-refractivity contribution is -0.154. The number of thiazole rings is 1. The lowest BCUT2D eigenvalue weighted by Crippen LogP contribution is -2.57. The van der Waals surface area contributed by atoms with Crippen molar-refractivity contribution in [2.75, 3.05) is 13.1 Å². The summed E-state index contributed by atoms with van der Waals surface area (Å²) in [4.78, 5) is 47.4. The number of likely N-dealkylation sites (tertiary alicyclic amines) is 2. The number of amides is 3. The van der Waals surface area contributed by atoms with Crippen molar-refractivity contribution in [2.24, 2.45) is 17.8 Å². The highest BCUT2D eigenvalue weighted by Gasteiger charge is 2.52. The Balaban J connectivity index is 1.32. The first kappa shape index (κ1) is 20.4. The fourth-order valence-electron chi connectivity index (χ4n) is 4.99. The van der Waals surface area contributed by atoms with Crippen molar-refractivity contribution in [3.05, 3.63) is 41.4 Å². The molecule has 3 aliphatic rings. The third-order valence-corrected chi connectivity index (χ3v) is 7.88. The molecule has 3 atom stereocenters. The first-order valence-corrected chi connectivity index (χ1v) is 11.9. The van der Waals surface area contributed by atoms with Crippen LogP contribution in [-0.4, -0.2) is 51.6 Å². The van der Waals surface area contributed by atoms with Crippen LogP contribution >= 0.6 is 11.3 Å². The summed E-state index contributed by atoms with van der Waals surface area (Å²) in [6.07, 6.45) is 5.65. The Labute approximate surface area is 185 Å². The Morgan fingerprint density at radius 3 is 2.35 bits per heavy atom. The SMILES string of the molecule is CC(C)C[C@H](C(=O)N1CC(c2nc3ccccc3s2)C1)N1C(=O)[C@@H]2CC=CC[C@H]2C1=O. The summed E-state index contributed by atoms with van der Waals surface area (Å²) in [6, 6.07) is 7.37. The van der Waals surface area contributed by atoms with E-state index in [2.05, 4.69) is 6.07 Å². The van der Waals surface area contributed by atoms with Gasteiger partial charge in [-0.3, -0.25) is 19.3 Å². The number of aromatic nitrogens is 1. The number of para-hydroxylation sites is 1. The summed E-state index contributed by atoms with van der Waals surface area (Å²) >= 11 is 1.68. The van der Waals surface area contributed by atoms with E-state index in [4.69, 9.17) is 4.98 Å². The van der Waals surface area contributed by atoms with E-state index in [-0.39, 0.29) is 41.4 Å². The fourth-order valence-corrected chi connectivity index (χ4v) is 6.04. The summed E-state index contributed by atoms with van der Waals surface area (Å²) in [5.74, 6) is -0.601. The van der Waals surface area contributed by atoms with Crippen molar-refractivity contribution in [2.45, 2.75) is 45.1 Å². The van der Waals surface area contributed by atoms with Crippen LogP contribution in [0, 0.1) is 17.8 Å². The summed E-state index contributed by atoms with van der Waals surface area (Å²) < 4.78 is 1.16. The van der Waals surface area contributed by atoms with Crippen LogP contribution in [0.5, 0.6) is 0 Å². The van der Waals surface area contributed by atoms with Gasteiger partial charge in [0, 0.05) is 19.0 Å². The molecule has 31 heavy (non-hydrogen) atoms. The van der Waals surface area contributed by atoms with E-state index in [0.29, 0.717) is 32.4 Å². The zero-order valence-corrected chi connectivity index (χ0v) is 18.7. The van der Waals surface area contributed by atoms with Gasteiger partial charge in [-0.15, -0.1) is 11.3 Å². The van der Waals surface area contributed by atoms with Gasteiger partial charge in [0.2, 0.25) is 17.7 Å². The van der Waals surface area contributed by atoms with Crippen LogP contribution in [0.2, 0.25) is 0 Å². The van der Waals surface area contributed by atoms with Gasteiger partial charge in [-0.1, -0.05) is 38.1 Å². The molecule has 3 amide bonds. The number of allylic oxidation sites excluding steroid dienone is 2. The average Bonchev–Trinajstić information content (AvgIpc) is 3.24. The zero-order chi connectivity index (χ0) is 21.7. The topological polar surface area (TPSA) is 70.6 Å². The van der Waals surface area contributed by atoms with Gasteiger partial charge in [-0.05, 0) is 37.3 Å². The highest BCUT2D eigenvalue weighted by Crippen LogP contribution is 2.39. The van der Waals surface area contributed by atoms with Crippen LogP contribution in [0.4, 0.5) is 0 Å². The number of fused-ring (bicyclic) bond motifs is 2. The van der Waals surface area contributed by atoms with Gasteiger partial charge >= 0.3 is 0 Å². The van der Waals surface area contributed by atoms with Crippen molar-refractivity contribution in [1.82, 2.24) is 14.8 Å². The largest absolute Gasteiger partial charge is 0.339 e. The molecule has 162 valence electrons. The minimum atomic E-state index is -0.693. The highest BCUT2D eigenvalue weighted by molar-refractivity contribution is 7.18. The molecule has 0 radical (unpaired) electrons. The van der Waals surface area contributed by atoms with E-state index in [9.17, 15) is 14.4 Å². The monoisotopic (exact) mass is 437 g/mol. The molecule has 0 saturated carbocycles. The maximum Gasteiger partial charge on any atom is 0.245 e. The quantitative estimate of drug-likeness (QED) is 0.529. The minimum Gasteiger partial charge on any atom is -0.339 e. The third-order valence-electron chi connectivity index (χ3n) is 6.69. The van der Waals surface area contributed by atoms with E-state index < -0.39 is 6.04 Å². The normalized spacial score (nSPS) is 24.7. The van der Waals surface area contributed by atoms with Gasteiger partial charge in [0.15, 0.2) is 0 Å². The summed E-state index contributed by atoms with van der Waals surface area (Å²) in [7, 11) is 0. The smallest absolute Gasteiger partial charge is 0.245 e. The maximum atomic E-state index is 13.4. The number of hydrogen-bond acceptors (Lipinski definition) is 5. The molecule has 2 aliphatic heterocycles. The first-order chi connectivity index (χ1) is 14.9. The fraction of sp³-hybridized carbons (Fsp3) is 0.500. The second kappa shape index (κ2) is 7.86. The zero-order valence-electron chi connectivity index (χ0n) is 17.9. The van der Waals surface area contributed by atoms with Gasteiger partial charge in [0.25, 0.3) is 0 Å². The van der Waals surface area contributed by atoms with Crippen LogP contribution < -0.4 is 0 Å².